The molecule has 0 spiro atoms. The maximum absolute atomic E-state index is 11.1. The lowest BCUT2D eigenvalue weighted by atomic mass is 9.97. The van der Waals surface area contributed by atoms with E-state index in [4.69, 9.17) is 4.74 Å². The highest BCUT2D eigenvalue weighted by Gasteiger charge is 2.32. The second-order valence-electron chi connectivity index (χ2n) is 4.29. The Kier molecular flexibility index (Phi) is 5.52. The first-order valence-corrected chi connectivity index (χ1v) is 5.89. The van der Waals surface area contributed by atoms with Crippen molar-refractivity contribution < 1.29 is 19.4 Å². The van der Waals surface area contributed by atoms with Gasteiger partial charge in [0.1, 0.15) is 12.9 Å². The van der Waals surface area contributed by atoms with Crippen molar-refractivity contribution in [1.29, 1.82) is 0 Å². The SMILES string of the molecule is C=C1C(=O)OC[C@@H]1[C@H](O)/C=C/CC/C=C(\C)C=O. The summed E-state index contributed by atoms with van der Waals surface area (Å²) in [5, 5.41) is 9.84. The molecule has 1 fully saturated rings. The quantitative estimate of drug-likeness (QED) is 0.255. The number of rotatable bonds is 6. The monoisotopic (exact) mass is 250 g/mol. The Hall–Kier alpha value is -1.68. The van der Waals surface area contributed by atoms with Crippen LogP contribution in [-0.2, 0) is 14.3 Å². The molecule has 0 aromatic carbocycles. The molecule has 0 radical (unpaired) electrons. The number of unbranched alkanes of at least 4 members (excludes halogenated alkanes) is 1. The Morgan fingerprint density at radius 3 is 2.89 bits per heavy atom. The fraction of sp³-hybridized carbons (Fsp3) is 0.429. The number of carbonyl (C=O) groups is 2. The molecule has 18 heavy (non-hydrogen) atoms. The number of aliphatic hydroxyl groups excluding tert-OH is 1. The maximum Gasteiger partial charge on any atom is 0.333 e. The maximum atomic E-state index is 11.1. The van der Waals surface area contributed by atoms with Crippen LogP contribution in [0.1, 0.15) is 19.8 Å². The van der Waals surface area contributed by atoms with Crippen molar-refractivity contribution in [3.63, 3.8) is 0 Å². The first kappa shape index (κ1) is 14.4. The molecule has 0 aromatic heterocycles. The van der Waals surface area contributed by atoms with E-state index in [-0.39, 0.29) is 12.5 Å². The number of aldehydes is 1. The Balaban J connectivity index is 2.36. The van der Waals surface area contributed by atoms with Crippen LogP contribution < -0.4 is 0 Å². The van der Waals surface area contributed by atoms with Gasteiger partial charge in [-0.2, -0.15) is 0 Å². The van der Waals surface area contributed by atoms with Gasteiger partial charge in [0.05, 0.1) is 12.0 Å². The third-order valence-electron chi connectivity index (χ3n) is 2.83. The fourth-order valence-electron chi connectivity index (χ4n) is 1.64. The van der Waals surface area contributed by atoms with Crippen LogP contribution in [0.3, 0.4) is 0 Å². The zero-order valence-electron chi connectivity index (χ0n) is 10.5. The van der Waals surface area contributed by atoms with Crippen molar-refractivity contribution in [2.24, 2.45) is 5.92 Å². The number of hydrogen-bond acceptors (Lipinski definition) is 4. The molecular formula is C14H18O4. The van der Waals surface area contributed by atoms with Crippen LogP contribution in [0.25, 0.3) is 0 Å². The van der Waals surface area contributed by atoms with Crippen LogP contribution in [0.5, 0.6) is 0 Å². The number of esters is 1. The van der Waals surface area contributed by atoms with Crippen LogP contribution in [0.15, 0.2) is 36.0 Å². The highest BCUT2D eigenvalue weighted by Crippen LogP contribution is 2.23. The van der Waals surface area contributed by atoms with Crippen LogP contribution >= 0.6 is 0 Å². The van der Waals surface area contributed by atoms with Crippen LogP contribution in [0, 0.1) is 5.92 Å². The van der Waals surface area contributed by atoms with E-state index in [0.717, 1.165) is 19.1 Å². The summed E-state index contributed by atoms with van der Waals surface area (Å²) in [6, 6.07) is 0. The number of aliphatic hydroxyl groups is 1. The Labute approximate surface area is 107 Å². The normalized spacial score (nSPS) is 22.3. The standard InChI is InChI=1S/C14H18O4/c1-10(8-15)6-4-3-5-7-13(16)12-9-18-14(17)11(12)2/h5-8,12-13,16H,2-4,9H2,1H3/b7-5+,10-6+/t12-,13+/m0/s1. The molecule has 0 saturated carbocycles. The van der Waals surface area contributed by atoms with E-state index in [1.807, 2.05) is 12.2 Å². The average Bonchev–Trinajstić information content (AvgIpc) is 2.69. The minimum atomic E-state index is -0.750. The van der Waals surface area contributed by atoms with Crippen molar-refractivity contribution in [2.75, 3.05) is 6.61 Å². The predicted octanol–water partition coefficient (Wildman–Crippen LogP) is 1.56. The van der Waals surface area contributed by atoms with Gasteiger partial charge in [-0.05, 0) is 25.3 Å². The van der Waals surface area contributed by atoms with Crippen LogP contribution in [0.2, 0.25) is 0 Å². The lowest BCUT2D eigenvalue weighted by Crippen LogP contribution is -2.19. The number of cyclic esters (lactones) is 1. The van der Waals surface area contributed by atoms with Crippen LogP contribution in [0.4, 0.5) is 0 Å². The molecule has 0 aromatic rings. The van der Waals surface area contributed by atoms with Crippen molar-refractivity contribution in [1.82, 2.24) is 0 Å². The Morgan fingerprint density at radius 2 is 2.33 bits per heavy atom. The third kappa shape index (κ3) is 3.96. The second kappa shape index (κ2) is 6.91. The van der Waals surface area contributed by atoms with Gasteiger partial charge in [-0.1, -0.05) is 24.8 Å². The highest BCUT2D eigenvalue weighted by molar-refractivity contribution is 5.90. The molecule has 4 nitrogen and oxygen atoms in total. The van der Waals surface area contributed by atoms with Gasteiger partial charge in [0.2, 0.25) is 0 Å². The molecule has 0 bridgehead atoms. The summed E-state index contributed by atoms with van der Waals surface area (Å²) < 4.78 is 4.79. The van der Waals surface area contributed by atoms with E-state index in [9.17, 15) is 14.7 Å². The zero-order chi connectivity index (χ0) is 13.5. The van der Waals surface area contributed by atoms with Gasteiger partial charge < -0.3 is 9.84 Å². The fourth-order valence-corrected chi connectivity index (χ4v) is 1.64. The molecule has 0 amide bonds. The van der Waals surface area contributed by atoms with Crippen molar-refractivity contribution in [3.8, 4) is 0 Å². The summed E-state index contributed by atoms with van der Waals surface area (Å²) in [4.78, 5) is 21.4. The van der Waals surface area contributed by atoms with Crippen molar-refractivity contribution in [2.45, 2.75) is 25.9 Å². The molecular weight excluding hydrogens is 232 g/mol. The molecule has 98 valence electrons. The summed E-state index contributed by atoms with van der Waals surface area (Å²) in [6.07, 6.45) is 6.84. The predicted molar refractivity (Wildman–Crippen MR) is 67.8 cm³/mol. The van der Waals surface area contributed by atoms with E-state index in [0.29, 0.717) is 11.1 Å². The smallest absolute Gasteiger partial charge is 0.333 e. The lowest BCUT2D eigenvalue weighted by Gasteiger charge is -2.11. The number of hydrogen-bond donors (Lipinski definition) is 1. The van der Waals surface area contributed by atoms with Gasteiger partial charge in [0.25, 0.3) is 0 Å². The molecule has 1 rings (SSSR count). The molecule has 1 heterocycles. The average molecular weight is 250 g/mol. The van der Waals surface area contributed by atoms with Crippen LogP contribution in [-0.4, -0.2) is 30.1 Å². The molecule has 0 aliphatic carbocycles. The first-order valence-electron chi connectivity index (χ1n) is 5.89. The Bertz CT molecular complexity index is 393. The number of allylic oxidation sites excluding steroid dienone is 3. The lowest BCUT2D eigenvalue weighted by molar-refractivity contribution is -0.135. The van der Waals surface area contributed by atoms with Gasteiger partial charge in [-0.25, -0.2) is 4.79 Å². The largest absolute Gasteiger partial charge is 0.462 e. The summed E-state index contributed by atoms with van der Waals surface area (Å²) in [5.74, 6) is -0.780. The second-order valence-corrected chi connectivity index (χ2v) is 4.29. The molecule has 2 atom stereocenters. The molecule has 0 unspecified atom stereocenters. The molecule has 4 heteroatoms. The van der Waals surface area contributed by atoms with Gasteiger partial charge in [-0.15, -0.1) is 0 Å². The van der Waals surface area contributed by atoms with Crippen molar-refractivity contribution in [3.05, 3.63) is 36.0 Å². The minimum absolute atomic E-state index is 0.188. The molecule has 1 N–H and O–H groups in total. The number of ether oxygens (including phenoxy) is 1. The van der Waals surface area contributed by atoms with E-state index in [1.165, 1.54) is 0 Å². The number of carbonyl (C=O) groups excluding carboxylic acids is 2. The Morgan fingerprint density at radius 1 is 1.61 bits per heavy atom. The van der Waals surface area contributed by atoms with Gasteiger partial charge in [0.15, 0.2) is 0 Å². The van der Waals surface area contributed by atoms with E-state index >= 15 is 0 Å². The van der Waals surface area contributed by atoms with Gasteiger partial charge >= 0.3 is 5.97 Å². The topological polar surface area (TPSA) is 63.6 Å². The van der Waals surface area contributed by atoms with E-state index in [2.05, 4.69) is 6.58 Å². The van der Waals surface area contributed by atoms with Gasteiger partial charge in [0, 0.05) is 5.57 Å². The first-order chi connectivity index (χ1) is 8.56. The summed E-state index contributed by atoms with van der Waals surface area (Å²) >= 11 is 0. The summed E-state index contributed by atoms with van der Waals surface area (Å²) in [5.41, 5.74) is 1.02. The third-order valence-corrected chi connectivity index (χ3v) is 2.83. The summed E-state index contributed by atoms with van der Waals surface area (Å²) in [7, 11) is 0. The van der Waals surface area contributed by atoms with Gasteiger partial charge in [-0.3, -0.25) is 4.79 Å². The van der Waals surface area contributed by atoms with Crippen molar-refractivity contribution >= 4 is 12.3 Å². The minimum Gasteiger partial charge on any atom is -0.462 e. The molecule has 1 aliphatic rings. The highest BCUT2D eigenvalue weighted by atomic mass is 16.5. The molecule has 1 saturated heterocycles. The zero-order valence-corrected chi connectivity index (χ0v) is 10.5. The van der Waals surface area contributed by atoms with E-state index < -0.39 is 12.1 Å². The van der Waals surface area contributed by atoms with E-state index in [1.54, 1.807) is 13.0 Å². The summed E-state index contributed by atoms with van der Waals surface area (Å²) in [6.45, 7) is 5.53. The molecule has 1 aliphatic heterocycles.